The van der Waals surface area contributed by atoms with Crippen LogP contribution in [0.3, 0.4) is 0 Å². The fourth-order valence-corrected chi connectivity index (χ4v) is 1.95. The van der Waals surface area contributed by atoms with E-state index in [1.54, 1.807) is 12.1 Å². The molecule has 0 aliphatic rings. The van der Waals surface area contributed by atoms with Crippen LogP contribution in [0.25, 0.3) is 0 Å². The second kappa shape index (κ2) is 5.75. The van der Waals surface area contributed by atoms with E-state index in [0.717, 1.165) is 0 Å². The number of phenolic OH excluding ortho intramolecular Hbond substituents is 1. The second-order valence-electron chi connectivity index (χ2n) is 3.74. The van der Waals surface area contributed by atoms with Gasteiger partial charge in [0.2, 0.25) is 0 Å². The van der Waals surface area contributed by atoms with Crippen molar-refractivity contribution in [3.05, 3.63) is 56.4 Å². The van der Waals surface area contributed by atoms with Crippen molar-refractivity contribution in [2.24, 2.45) is 0 Å². The van der Waals surface area contributed by atoms with Crippen molar-refractivity contribution in [3.8, 4) is 5.75 Å². The number of anilines is 1. The van der Waals surface area contributed by atoms with Crippen LogP contribution in [0.15, 0.2) is 36.4 Å². The Labute approximate surface area is 127 Å². The zero-order chi connectivity index (χ0) is 14.0. The monoisotopic (exact) mass is 391 g/mol. The number of hydrogen-bond acceptors (Lipinski definition) is 2. The largest absolute Gasteiger partial charge is 0.507 e. The van der Waals surface area contributed by atoms with Crippen molar-refractivity contribution in [2.45, 2.75) is 0 Å². The Morgan fingerprint density at radius 3 is 2.68 bits per heavy atom. The third-order valence-electron chi connectivity index (χ3n) is 2.38. The van der Waals surface area contributed by atoms with Crippen LogP contribution < -0.4 is 5.32 Å². The number of amides is 1. The van der Waals surface area contributed by atoms with Crippen LogP contribution in [-0.4, -0.2) is 11.0 Å². The van der Waals surface area contributed by atoms with E-state index in [0.29, 0.717) is 8.59 Å². The Balaban J connectivity index is 2.25. The molecule has 19 heavy (non-hydrogen) atoms. The van der Waals surface area contributed by atoms with Gasteiger partial charge in [0.25, 0.3) is 5.91 Å². The molecule has 2 aromatic rings. The lowest BCUT2D eigenvalue weighted by Gasteiger charge is -2.07. The summed E-state index contributed by atoms with van der Waals surface area (Å²) in [7, 11) is 0. The Morgan fingerprint density at radius 2 is 2.00 bits per heavy atom. The Hall–Kier alpha value is -1.34. The van der Waals surface area contributed by atoms with Crippen LogP contribution in [0, 0.1) is 9.39 Å². The van der Waals surface area contributed by atoms with E-state index in [-0.39, 0.29) is 17.0 Å². The molecule has 0 aromatic heterocycles. The summed E-state index contributed by atoms with van der Waals surface area (Å²) in [5, 5.41) is 12.3. The number of carbonyl (C=O) groups is 1. The van der Waals surface area contributed by atoms with Crippen molar-refractivity contribution in [3.63, 3.8) is 0 Å². The molecular formula is C13H8ClFINO2. The minimum Gasteiger partial charge on any atom is -0.507 e. The molecule has 0 aliphatic heterocycles. The minimum atomic E-state index is -0.576. The van der Waals surface area contributed by atoms with Crippen molar-refractivity contribution < 1.29 is 14.3 Å². The lowest BCUT2D eigenvalue weighted by molar-refractivity contribution is 0.102. The van der Waals surface area contributed by atoms with Gasteiger partial charge in [-0.15, -0.1) is 0 Å². The van der Waals surface area contributed by atoms with Gasteiger partial charge < -0.3 is 10.4 Å². The number of rotatable bonds is 2. The lowest BCUT2D eigenvalue weighted by Crippen LogP contribution is -2.13. The Bertz CT molecular complexity index is 649. The van der Waals surface area contributed by atoms with E-state index >= 15 is 0 Å². The molecule has 6 heteroatoms. The van der Waals surface area contributed by atoms with Crippen LogP contribution in [0.1, 0.15) is 10.4 Å². The van der Waals surface area contributed by atoms with Gasteiger partial charge in [-0.2, -0.15) is 0 Å². The van der Waals surface area contributed by atoms with Gasteiger partial charge in [-0.1, -0.05) is 11.6 Å². The fraction of sp³-hybridized carbons (Fsp3) is 0. The van der Waals surface area contributed by atoms with Crippen molar-refractivity contribution >= 4 is 45.8 Å². The average molecular weight is 392 g/mol. The zero-order valence-electron chi connectivity index (χ0n) is 9.45. The summed E-state index contributed by atoms with van der Waals surface area (Å²) in [6.45, 7) is 0. The van der Waals surface area contributed by atoms with Gasteiger partial charge in [0.1, 0.15) is 11.6 Å². The molecule has 0 saturated carbocycles. The molecule has 0 spiro atoms. The number of benzene rings is 2. The number of hydrogen-bond donors (Lipinski definition) is 2. The molecule has 2 aromatic carbocycles. The van der Waals surface area contributed by atoms with Crippen LogP contribution >= 0.6 is 34.2 Å². The summed E-state index contributed by atoms with van der Waals surface area (Å²) < 4.78 is 14.1. The maximum atomic E-state index is 13.5. The smallest absolute Gasteiger partial charge is 0.255 e. The van der Waals surface area contributed by atoms with Crippen molar-refractivity contribution in [1.82, 2.24) is 0 Å². The van der Waals surface area contributed by atoms with Crippen molar-refractivity contribution in [1.29, 1.82) is 0 Å². The maximum Gasteiger partial charge on any atom is 0.255 e. The first-order valence-electron chi connectivity index (χ1n) is 5.22. The third kappa shape index (κ3) is 3.36. The molecule has 0 saturated heterocycles. The standard InChI is InChI=1S/C13H8ClFINO2/c14-8-2-3-9(15)11(6-8)17-13(19)7-1-4-10(16)12(18)5-7/h1-6,18H,(H,17,19). The summed E-state index contributed by atoms with van der Waals surface area (Å²) in [5.41, 5.74) is 0.229. The molecule has 0 radical (unpaired) electrons. The maximum absolute atomic E-state index is 13.5. The van der Waals surface area contributed by atoms with Gasteiger partial charge in [-0.25, -0.2) is 4.39 Å². The topological polar surface area (TPSA) is 49.3 Å². The van der Waals surface area contributed by atoms with E-state index in [1.807, 2.05) is 22.6 Å². The number of carbonyl (C=O) groups excluding carboxylic acids is 1. The number of halogens is 3. The summed E-state index contributed by atoms with van der Waals surface area (Å²) in [6.07, 6.45) is 0. The lowest BCUT2D eigenvalue weighted by atomic mass is 10.2. The first-order valence-corrected chi connectivity index (χ1v) is 6.68. The highest BCUT2D eigenvalue weighted by molar-refractivity contribution is 14.1. The van der Waals surface area contributed by atoms with Gasteiger partial charge in [-0.05, 0) is 59.0 Å². The van der Waals surface area contributed by atoms with Crippen molar-refractivity contribution in [2.75, 3.05) is 5.32 Å². The summed E-state index contributed by atoms with van der Waals surface area (Å²) in [4.78, 5) is 11.9. The predicted molar refractivity (Wildman–Crippen MR) is 80.2 cm³/mol. The van der Waals surface area contributed by atoms with Gasteiger partial charge >= 0.3 is 0 Å². The SMILES string of the molecule is O=C(Nc1cc(Cl)ccc1F)c1ccc(I)c(O)c1. The molecule has 0 unspecified atom stereocenters. The zero-order valence-corrected chi connectivity index (χ0v) is 12.4. The average Bonchev–Trinajstić information content (AvgIpc) is 2.37. The molecule has 2 N–H and O–H groups in total. The van der Waals surface area contributed by atoms with Gasteiger partial charge in [0.05, 0.1) is 9.26 Å². The first kappa shape index (κ1) is 14.1. The quantitative estimate of drug-likeness (QED) is 0.759. The van der Waals surface area contributed by atoms with E-state index in [1.165, 1.54) is 24.3 Å². The number of phenols is 1. The van der Waals surface area contributed by atoms with E-state index < -0.39 is 11.7 Å². The normalized spacial score (nSPS) is 10.3. The molecule has 1 amide bonds. The third-order valence-corrected chi connectivity index (χ3v) is 3.53. The number of nitrogens with one attached hydrogen (secondary N) is 1. The highest BCUT2D eigenvalue weighted by Crippen LogP contribution is 2.23. The Morgan fingerprint density at radius 1 is 1.26 bits per heavy atom. The van der Waals surface area contributed by atoms with Crippen LogP contribution in [0.5, 0.6) is 5.75 Å². The van der Waals surface area contributed by atoms with E-state index in [2.05, 4.69) is 5.32 Å². The molecule has 0 bridgehead atoms. The molecular weight excluding hydrogens is 384 g/mol. The Kier molecular flexibility index (Phi) is 4.26. The minimum absolute atomic E-state index is 0.000170. The molecule has 98 valence electrons. The van der Waals surface area contributed by atoms with E-state index in [4.69, 9.17) is 11.6 Å². The molecule has 3 nitrogen and oxygen atoms in total. The van der Waals surface area contributed by atoms with Gasteiger partial charge in [-0.3, -0.25) is 4.79 Å². The van der Waals surface area contributed by atoms with Crippen LogP contribution in [-0.2, 0) is 0 Å². The summed E-state index contributed by atoms with van der Waals surface area (Å²) >= 11 is 7.67. The number of aromatic hydroxyl groups is 1. The molecule has 2 rings (SSSR count). The summed E-state index contributed by atoms with van der Waals surface area (Å²) in [6, 6.07) is 8.34. The molecule has 0 heterocycles. The van der Waals surface area contributed by atoms with Gasteiger partial charge in [0, 0.05) is 10.6 Å². The highest BCUT2D eigenvalue weighted by atomic mass is 127. The molecule has 0 atom stereocenters. The van der Waals surface area contributed by atoms with Gasteiger partial charge in [0.15, 0.2) is 0 Å². The summed E-state index contributed by atoms with van der Waals surface area (Å²) in [5.74, 6) is -1.10. The van der Waals surface area contributed by atoms with Crippen LogP contribution in [0.2, 0.25) is 5.02 Å². The van der Waals surface area contributed by atoms with E-state index in [9.17, 15) is 14.3 Å². The fourth-order valence-electron chi connectivity index (χ4n) is 1.44. The molecule has 0 aliphatic carbocycles. The predicted octanol–water partition coefficient (Wildman–Crippen LogP) is 4.04. The van der Waals surface area contributed by atoms with Crippen LogP contribution in [0.4, 0.5) is 10.1 Å². The highest BCUT2D eigenvalue weighted by Gasteiger charge is 2.11. The second-order valence-corrected chi connectivity index (χ2v) is 5.34. The first-order chi connectivity index (χ1) is 8.97. The molecule has 0 fully saturated rings.